The van der Waals surface area contributed by atoms with E-state index in [-0.39, 0.29) is 6.10 Å². The minimum Gasteiger partial charge on any atom is -0.388 e. The lowest BCUT2D eigenvalue weighted by atomic mass is 9.80. The molecular weight excluding hydrogens is 184 g/mol. The van der Waals surface area contributed by atoms with Crippen LogP contribution in [0.5, 0.6) is 0 Å². The Morgan fingerprint density at radius 1 is 0.933 bits per heavy atom. The molecule has 1 aromatic rings. The largest absolute Gasteiger partial charge is 0.388 e. The molecule has 1 aromatic carbocycles. The predicted molar refractivity (Wildman–Crippen MR) is 63.3 cm³/mol. The zero-order valence-corrected chi connectivity index (χ0v) is 10.1. The summed E-state index contributed by atoms with van der Waals surface area (Å²) in [5.41, 5.74) is 8.09. The van der Waals surface area contributed by atoms with E-state index in [1.807, 2.05) is 0 Å². The van der Waals surface area contributed by atoms with Gasteiger partial charge >= 0.3 is 0 Å². The second kappa shape index (κ2) is 3.64. The second-order valence-corrected chi connectivity index (χ2v) is 4.80. The Balaban J connectivity index is 2.74. The molecule has 0 heterocycles. The molecule has 1 aliphatic rings. The van der Waals surface area contributed by atoms with Crippen molar-refractivity contribution in [2.45, 2.75) is 53.1 Å². The number of hydrogen-bond acceptors (Lipinski definition) is 1. The monoisotopic (exact) mass is 204 g/mol. The zero-order valence-electron chi connectivity index (χ0n) is 10.1. The van der Waals surface area contributed by atoms with Crippen LogP contribution in [0, 0.1) is 27.7 Å². The lowest BCUT2D eigenvalue weighted by Gasteiger charge is -2.28. The maximum atomic E-state index is 10.1. The molecule has 0 saturated heterocycles. The molecule has 1 N–H and O–H groups in total. The van der Waals surface area contributed by atoms with Crippen LogP contribution in [0.4, 0.5) is 0 Å². The van der Waals surface area contributed by atoms with Crippen LogP contribution < -0.4 is 0 Å². The van der Waals surface area contributed by atoms with Crippen LogP contribution in [0.1, 0.15) is 52.3 Å². The molecular formula is C14H20O. The molecule has 1 heteroatoms. The molecule has 0 spiro atoms. The Bertz CT molecular complexity index is 405. The molecule has 1 atom stereocenters. The van der Waals surface area contributed by atoms with Gasteiger partial charge in [-0.05, 0) is 80.3 Å². The van der Waals surface area contributed by atoms with Crippen molar-refractivity contribution in [1.82, 2.24) is 0 Å². The summed E-state index contributed by atoms with van der Waals surface area (Å²) >= 11 is 0. The maximum absolute atomic E-state index is 10.1. The molecule has 2 rings (SSSR count). The molecule has 0 aliphatic heterocycles. The molecule has 0 radical (unpaired) electrons. The number of hydrogen-bond donors (Lipinski definition) is 1. The Kier molecular flexibility index (Phi) is 2.59. The molecule has 82 valence electrons. The molecule has 1 nitrogen and oxygen atoms in total. The van der Waals surface area contributed by atoms with E-state index in [4.69, 9.17) is 0 Å². The van der Waals surface area contributed by atoms with E-state index in [1.165, 1.54) is 33.4 Å². The maximum Gasteiger partial charge on any atom is 0.0795 e. The van der Waals surface area contributed by atoms with E-state index < -0.39 is 0 Å². The summed E-state index contributed by atoms with van der Waals surface area (Å²) in [7, 11) is 0. The van der Waals surface area contributed by atoms with Crippen LogP contribution in [0.15, 0.2) is 0 Å². The van der Waals surface area contributed by atoms with Gasteiger partial charge < -0.3 is 5.11 Å². The summed E-state index contributed by atoms with van der Waals surface area (Å²) in [5, 5.41) is 10.1. The third kappa shape index (κ3) is 1.50. The van der Waals surface area contributed by atoms with E-state index >= 15 is 0 Å². The van der Waals surface area contributed by atoms with Crippen LogP contribution in [-0.2, 0) is 6.42 Å². The quantitative estimate of drug-likeness (QED) is 0.687. The molecule has 1 unspecified atom stereocenters. The first-order valence-corrected chi connectivity index (χ1v) is 5.81. The predicted octanol–water partition coefficient (Wildman–Crippen LogP) is 3.29. The Labute approximate surface area is 92.1 Å². The highest BCUT2D eigenvalue weighted by molar-refractivity contribution is 5.51. The summed E-state index contributed by atoms with van der Waals surface area (Å²) < 4.78 is 0. The van der Waals surface area contributed by atoms with Crippen LogP contribution in [-0.4, -0.2) is 5.11 Å². The molecule has 0 fully saturated rings. The van der Waals surface area contributed by atoms with Gasteiger partial charge in [-0.15, -0.1) is 0 Å². The van der Waals surface area contributed by atoms with Crippen molar-refractivity contribution in [2.24, 2.45) is 0 Å². The van der Waals surface area contributed by atoms with Gasteiger partial charge in [-0.3, -0.25) is 0 Å². The lowest BCUT2D eigenvalue weighted by molar-refractivity contribution is 0.155. The van der Waals surface area contributed by atoms with E-state index in [0.717, 1.165) is 19.3 Å². The molecule has 0 bridgehead atoms. The van der Waals surface area contributed by atoms with Crippen molar-refractivity contribution in [3.8, 4) is 0 Å². The second-order valence-electron chi connectivity index (χ2n) is 4.80. The van der Waals surface area contributed by atoms with Crippen molar-refractivity contribution < 1.29 is 5.11 Å². The number of rotatable bonds is 0. The molecule has 15 heavy (non-hydrogen) atoms. The average Bonchev–Trinajstić information content (AvgIpc) is 2.23. The Hall–Kier alpha value is -0.820. The molecule has 0 amide bonds. The topological polar surface area (TPSA) is 20.2 Å². The van der Waals surface area contributed by atoms with Crippen molar-refractivity contribution >= 4 is 0 Å². The third-order valence-electron chi connectivity index (χ3n) is 4.11. The van der Waals surface area contributed by atoms with Gasteiger partial charge in [0.2, 0.25) is 0 Å². The smallest absolute Gasteiger partial charge is 0.0795 e. The number of fused-ring (bicyclic) bond motifs is 1. The van der Waals surface area contributed by atoms with Crippen molar-refractivity contribution in [2.75, 3.05) is 0 Å². The first-order chi connectivity index (χ1) is 7.04. The number of aliphatic hydroxyl groups excluding tert-OH is 1. The first-order valence-electron chi connectivity index (χ1n) is 5.81. The fourth-order valence-electron chi connectivity index (χ4n) is 2.81. The summed E-state index contributed by atoms with van der Waals surface area (Å²) in [6.45, 7) is 8.70. The zero-order chi connectivity index (χ0) is 11.2. The van der Waals surface area contributed by atoms with E-state index in [0.29, 0.717) is 0 Å². The van der Waals surface area contributed by atoms with E-state index in [9.17, 15) is 5.11 Å². The Morgan fingerprint density at radius 2 is 1.53 bits per heavy atom. The number of benzene rings is 1. The molecule has 0 aromatic heterocycles. The highest BCUT2D eigenvalue weighted by Gasteiger charge is 2.23. The van der Waals surface area contributed by atoms with Gasteiger partial charge in [0, 0.05) is 0 Å². The fraction of sp³-hybridized carbons (Fsp3) is 0.571. The summed E-state index contributed by atoms with van der Waals surface area (Å²) in [6, 6.07) is 0. The van der Waals surface area contributed by atoms with Gasteiger partial charge in [0.05, 0.1) is 6.10 Å². The van der Waals surface area contributed by atoms with Crippen LogP contribution in [0.25, 0.3) is 0 Å². The highest BCUT2D eigenvalue weighted by atomic mass is 16.3. The van der Waals surface area contributed by atoms with Gasteiger partial charge in [-0.25, -0.2) is 0 Å². The first kappa shape index (κ1) is 10.7. The van der Waals surface area contributed by atoms with E-state index in [2.05, 4.69) is 27.7 Å². The molecule has 0 saturated carbocycles. The van der Waals surface area contributed by atoms with Crippen molar-refractivity contribution in [1.29, 1.82) is 0 Å². The minimum atomic E-state index is -0.230. The summed E-state index contributed by atoms with van der Waals surface area (Å²) in [6.07, 6.45) is 2.96. The van der Waals surface area contributed by atoms with Gasteiger partial charge in [0.25, 0.3) is 0 Å². The normalized spacial score (nSPS) is 20.2. The van der Waals surface area contributed by atoms with Crippen molar-refractivity contribution in [3.63, 3.8) is 0 Å². The van der Waals surface area contributed by atoms with Crippen molar-refractivity contribution in [3.05, 3.63) is 33.4 Å². The summed E-state index contributed by atoms with van der Waals surface area (Å²) in [4.78, 5) is 0. The Morgan fingerprint density at radius 3 is 2.20 bits per heavy atom. The van der Waals surface area contributed by atoms with Crippen LogP contribution >= 0.6 is 0 Å². The van der Waals surface area contributed by atoms with Gasteiger partial charge in [0.15, 0.2) is 0 Å². The third-order valence-corrected chi connectivity index (χ3v) is 4.11. The van der Waals surface area contributed by atoms with Crippen LogP contribution in [0.3, 0.4) is 0 Å². The van der Waals surface area contributed by atoms with Crippen LogP contribution in [0.2, 0.25) is 0 Å². The SMILES string of the molecule is Cc1c(C)c(C)c2c(c1C)CCCC2O. The standard InChI is InChI=1S/C14H20O/c1-8-9(2)11(4)14-12(10(8)3)6-5-7-13(14)15/h13,15H,5-7H2,1-4H3. The average molecular weight is 204 g/mol. The lowest BCUT2D eigenvalue weighted by Crippen LogP contribution is -2.15. The van der Waals surface area contributed by atoms with Gasteiger partial charge in [-0.1, -0.05) is 0 Å². The minimum absolute atomic E-state index is 0.230. The number of aliphatic hydroxyl groups is 1. The molecule has 1 aliphatic carbocycles. The van der Waals surface area contributed by atoms with Gasteiger partial charge in [0.1, 0.15) is 0 Å². The van der Waals surface area contributed by atoms with Gasteiger partial charge in [-0.2, -0.15) is 0 Å². The summed E-state index contributed by atoms with van der Waals surface area (Å²) in [5.74, 6) is 0. The fourth-order valence-corrected chi connectivity index (χ4v) is 2.81. The van der Waals surface area contributed by atoms with E-state index in [1.54, 1.807) is 0 Å². The highest BCUT2D eigenvalue weighted by Crippen LogP contribution is 2.37.